The molecule has 0 aromatic rings. The van der Waals surface area contributed by atoms with E-state index in [0.29, 0.717) is 0 Å². The van der Waals surface area contributed by atoms with Crippen molar-refractivity contribution < 1.29 is 0 Å². The van der Waals surface area contributed by atoms with Crippen LogP contribution in [0.2, 0.25) is 0 Å². The van der Waals surface area contributed by atoms with Gasteiger partial charge in [-0.05, 0) is 44.6 Å². The molecular formula is C14H28N2S. The molecule has 0 radical (unpaired) electrons. The van der Waals surface area contributed by atoms with Gasteiger partial charge in [-0.1, -0.05) is 33.1 Å². The number of nitrogens with zero attached hydrogens (tertiary/aromatic N) is 2. The Morgan fingerprint density at radius 1 is 1.18 bits per heavy atom. The first-order chi connectivity index (χ1) is 8.27. The Balaban J connectivity index is 2.45. The molecule has 0 spiro atoms. The summed E-state index contributed by atoms with van der Waals surface area (Å²) in [6.07, 6.45) is 9.42. The second kappa shape index (κ2) is 8.84. The largest absolute Gasteiger partial charge is 0.304 e. The Morgan fingerprint density at radius 3 is 2.47 bits per heavy atom. The van der Waals surface area contributed by atoms with Gasteiger partial charge in [-0.2, -0.15) is 0 Å². The van der Waals surface area contributed by atoms with Crippen molar-refractivity contribution in [3.63, 3.8) is 0 Å². The average Bonchev–Trinajstić information content (AvgIpc) is 2.36. The summed E-state index contributed by atoms with van der Waals surface area (Å²) in [5.41, 5.74) is 0. The van der Waals surface area contributed by atoms with E-state index in [0.717, 1.165) is 24.8 Å². The predicted molar refractivity (Wildman–Crippen MR) is 79.7 cm³/mol. The maximum Gasteiger partial charge on any atom is 0.106 e. The molecule has 1 fully saturated rings. The lowest BCUT2D eigenvalue weighted by Gasteiger charge is -2.29. The first-order valence-corrected chi connectivity index (χ1v) is 8.07. The summed E-state index contributed by atoms with van der Waals surface area (Å²) >= 11 is 2.05. The van der Waals surface area contributed by atoms with Crippen LogP contribution in [0.25, 0.3) is 0 Å². The van der Waals surface area contributed by atoms with E-state index in [1.165, 1.54) is 44.4 Å². The van der Waals surface area contributed by atoms with Gasteiger partial charge in [0.15, 0.2) is 0 Å². The standard InChI is InChI=1S/C14H28N2S/c1-4-11-15-13(3)16(12-5-2)17-14-9-7-6-8-10-14/h14H,4-12H2,1-3H3. The zero-order chi connectivity index (χ0) is 12.5. The van der Waals surface area contributed by atoms with E-state index in [-0.39, 0.29) is 0 Å². The van der Waals surface area contributed by atoms with Crippen LogP contribution in [-0.2, 0) is 0 Å². The van der Waals surface area contributed by atoms with E-state index >= 15 is 0 Å². The summed E-state index contributed by atoms with van der Waals surface area (Å²) in [5.74, 6) is 1.23. The van der Waals surface area contributed by atoms with E-state index < -0.39 is 0 Å². The molecule has 3 heteroatoms. The van der Waals surface area contributed by atoms with Crippen LogP contribution in [0.5, 0.6) is 0 Å². The fourth-order valence-electron chi connectivity index (χ4n) is 2.20. The van der Waals surface area contributed by atoms with Gasteiger partial charge in [0.1, 0.15) is 5.84 Å². The molecular weight excluding hydrogens is 228 g/mol. The predicted octanol–water partition coefficient (Wildman–Crippen LogP) is 4.51. The third-order valence-electron chi connectivity index (χ3n) is 3.18. The molecule has 0 atom stereocenters. The Kier molecular flexibility index (Phi) is 7.74. The molecule has 1 aliphatic rings. The number of amidine groups is 1. The second-order valence-corrected chi connectivity index (χ2v) is 6.21. The minimum Gasteiger partial charge on any atom is -0.304 e. The van der Waals surface area contributed by atoms with Crippen LogP contribution in [0, 0.1) is 0 Å². The molecule has 0 N–H and O–H groups in total. The maximum atomic E-state index is 4.65. The van der Waals surface area contributed by atoms with E-state index in [1.807, 2.05) is 0 Å². The minimum atomic E-state index is 0.835. The van der Waals surface area contributed by atoms with Gasteiger partial charge in [-0.15, -0.1) is 0 Å². The highest BCUT2D eigenvalue weighted by Gasteiger charge is 2.18. The number of hydrogen-bond acceptors (Lipinski definition) is 2. The van der Waals surface area contributed by atoms with Crippen molar-refractivity contribution in [2.24, 2.45) is 4.99 Å². The fraction of sp³-hybridized carbons (Fsp3) is 0.929. The molecule has 17 heavy (non-hydrogen) atoms. The minimum absolute atomic E-state index is 0.835. The topological polar surface area (TPSA) is 15.6 Å². The van der Waals surface area contributed by atoms with E-state index in [4.69, 9.17) is 0 Å². The molecule has 0 aromatic carbocycles. The molecule has 2 nitrogen and oxygen atoms in total. The van der Waals surface area contributed by atoms with Gasteiger partial charge in [0.05, 0.1) is 0 Å². The van der Waals surface area contributed by atoms with Crippen molar-refractivity contribution in [1.82, 2.24) is 4.31 Å². The molecule has 0 heterocycles. The van der Waals surface area contributed by atoms with Gasteiger partial charge in [-0.25, -0.2) is 0 Å². The van der Waals surface area contributed by atoms with Gasteiger partial charge in [-0.3, -0.25) is 4.99 Å². The van der Waals surface area contributed by atoms with Crippen molar-refractivity contribution in [1.29, 1.82) is 0 Å². The monoisotopic (exact) mass is 256 g/mol. The second-order valence-electron chi connectivity index (χ2n) is 4.90. The Morgan fingerprint density at radius 2 is 1.88 bits per heavy atom. The zero-order valence-electron chi connectivity index (χ0n) is 11.7. The molecule has 100 valence electrons. The number of hydrogen-bond donors (Lipinski definition) is 0. The smallest absolute Gasteiger partial charge is 0.106 e. The Bertz CT molecular complexity index is 222. The van der Waals surface area contributed by atoms with Crippen LogP contribution in [0.4, 0.5) is 0 Å². The molecule has 0 unspecified atom stereocenters. The van der Waals surface area contributed by atoms with Gasteiger partial charge >= 0.3 is 0 Å². The molecule has 1 rings (SSSR count). The zero-order valence-corrected chi connectivity index (χ0v) is 12.6. The molecule has 0 aromatic heterocycles. The summed E-state index contributed by atoms with van der Waals surface area (Å²) in [6, 6.07) is 0. The first kappa shape index (κ1) is 14.9. The molecule has 0 amide bonds. The van der Waals surface area contributed by atoms with Gasteiger partial charge in [0.25, 0.3) is 0 Å². The van der Waals surface area contributed by atoms with Crippen molar-refractivity contribution in [3.8, 4) is 0 Å². The molecule has 1 saturated carbocycles. The first-order valence-electron chi connectivity index (χ1n) is 7.23. The van der Waals surface area contributed by atoms with Crippen LogP contribution in [0.15, 0.2) is 4.99 Å². The number of rotatable bonds is 6. The summed E-state index contributed by atoms with van der Waals surface area (Å²) in [5, 5.41) is 0.835. The average molecular weight is 256 g/mol. The highest BCUT2D eigenvalue weighted by molar-refractivity contribution is 7.98. The fourth-order valence-corrected chi connectivity index (χ4v) is 3.60. The summed E-state index contributed by atoms with van der Waals surface area (Å²) in [6.45, 7) is 8.72. The van der Waals surface area contributed by atoms with Crippen LogP contribution in [0.1, 0.15) is 65.7 Å². The molecule has 1 aliphatic carbocycles. The van der Waals surface area contributed by atoms with E-state index in [1.54, 1.807) is 0 Å². The Hall–Kier alpha value is -0.180. The van der Waals surface area contributed by atoms with Crippen LogP contribution < -0.4 is 0 Å². The summed E-state index contributed by atoms with van der Waals surface area (Å²) in [4.78, 5) is 4.65. The highest BCUT2D eigenvalue weighted by Crippen LogP contribution is 2.30. The van der Waals surface area contributed by atoms with E-state index in [2.05, 4.69) is 42.0 Å². The third-order valence-corrected chi connectivity index (χ3v) is 4.65. The molecule has 0 saturated heterocycles. The Labute approximate surface area is 111 Å². The summed E-state index contributed by atoms with van der Waals surface area (Å²) in [7, 11) is 0. The maximum absolute atomic E-state index is 4.65. The SMILES string of the molecule is CCCN=C(C)N(CCC)SC1CCCCC1. The molecule has 0 bridgehead atoms. The van der Waals surface area contributed by atoms with Gasteiger partial charge in [0.2, 0.25) is 0 Å². The molecule has 0 aliphatic heterocycles. The van der Waals surface area contributed by atoms with Crippen molar-refractivity contribution in [2.75, 3.05) is 13.1 Å². The highest BCUT2D eigenvalue weighted by atomic mass is 32.2. The van der Waals surface area contributed by atoms with Crippen LogP contribution in [0.3, 0.4) is 0 Å². The lowest BCUT2D eigenvalue weighted by atomic mass is 10.0. The quantitative estimate of drug-likeness (QED) is 0.395. The van der Waals surface area contributed by atoms with Crippen molar-refractivity contribution in [2.45, 2.75) is 71.0 Å². The van der Waals surface area contributed by atoms with E-state index in [9.17, 15) is 0 Å². The lowest BCUT2D eigenvalue weighted by Crippen LogP contribution is -2.27. The number of aliphatic imine (C=N–C) groups is 1. The third kappa shape index (κ3) is 5.80. The lowest BCUT2D eigenvalue weighted by molar-refractivity contribution is 0.507. The van der Waals surface area contributed by atoms with Crippen LogP contribution >= 0.6 is 11.9 Å². The van der Waals surface area contributed by atoms with Crippen LogP contribution in [-0.4, -0.2) is 28.5 Å². The van der Waals surface area contributed by atoms with Gasteiger partial charge < -0.3 is 4.31 Å². The normalized spacial score (nSPS) is 18.4. The van der Waals surface area contributed by atoms with Crippen molar-refractivity contribution >= 4 is 17.8 Å². The van der Waals surface area contributed by atoms with Crippen molar-refractivity contribution in [3.05, 3.63) is 0 Å². The van der Waals surface area contributed by atoms with Gasteiger partial charge in [0, 0.05) is 18.3 Å². The summed E-state index contributed by atoms with van der Waals surface area (Å²) < 4.78 is 2.44.